The van der Waals surface area contributed by atoms with E-state index in [0.29, 0.717) is 18.7 Å². The Balaban J connectivity index is 1.74. The quantitative estimate of drug-likeness (QED) is 0.677. The molecule has 3 rings (SSSR count). The number of rotatable bonds is 5. The first-order valence-electron chi connectivity index (χ1n) is 7.39. The third-order valence-corrected chi connectivity index (χ3v) is 3.89. The van der Waals surface area contributed by atoms with E-state index in [0.717, 1.165) is 16.5 Å². The molecule has 112 valence electrons. The van der Waals surface area contributed by atoms with E-state index in [4.69, 9.17) is 5.73 Å². The molecule has 1 heterocycles. The van der Waals surface area contributed by atoms with Gasteiger partial charge in [-0.2, -0.15) is 0 Å². The molecule has 0 aliphatic heterocycles. The molecule has 4 N–H and O–H groups in total. The van der Waals surface area contributed by atoms with E-state index in [1.54, 1.807) is 12.1 Å². The Hall–Kier alpha value is -2.59. The zero-order valence-corrected chi connectivity index (χ0v) is 12.3. The van der Waals surface area contributed by atoms with Gasteiger partial charge < -0.3 is 16.0 Å². The highest BCUT2D eigenvalue weighted by molar-refractivity contribution is 5.94. The summed E-state index contributed by atoms with van der Waals surface area (Å²) >= 11 is 0. The standard InChI is InChI=1S/C18H19N3O/c19-10-14(11-21-18(22)13-6-2-1-3-7-13)16-12-20-17-9-5-4-8-15(16)17/h1-9,12,14,20H,10-11,19H2,(H,21,22). The molecule has 4 heteroatoms. The first kappa shape index (κ1) is 14.4. The van der Waals surface area contributed by atoms with E-state index in [2.05, 4.69) is 16.4 Å². The number of para-hydroxylation sites is 1. The molecule has 0 bridgehead atoms. The van der Waals surface area contributed by atoms with Gasteiger partial charge in [-0.05, 0) is 23.8 Å². The Kier molecular flexibility index (Phi) is 4.21. The Morgan fingerprint density at radius 1 is 1.09 bits per heavy atom. The molecule has 0 saturated heterocycles. The van der Waals surface area contributed by atoms with E-state index in [1.165, 1.54) is 0 Å². The highest BCUT2D eigenvalue weighted by Gasteiger charge is 2.15. The largest absolute Gasteiger partial charge is 0.361 e. The molecule has 22 heavy (non-hydrogen) atoms. The smallest absolute Gasteiger partial charge is 0.251 e. The third-order valence-electron chi connectivity index (χ3n) is 3.89. The van der Waals surface area contributed by atoms with Crippen LogP contribution in [-0.2, 0) is 0 Å². The Bertz CT molecular complexity index is 764. The number of aromatic nitrogens is 1. The fraction of sp³-hybridized carbons (Fsp3) is 0.167. The second kappa shape index (κ2) is 6.45. The van der Waals surface area contributed by atoms with Crippen LogP contribution in [0.15, 0.2) is 60.8 Å². The molecular weight excluding hydrogens is 274 g/mol. The number of nitrogens with two attached hydrogens (primary N) is 1. The fourth-order valence-corrected chi connectivity index (χ4v) is 2.66. The van der Waals surface area contributed by atoms with Crippen molar-refractivity contribution in [2.45, 2.75) is 5.92 Å². The van der Waals surface area contributed by atoms with Gasteiger partial charge in [-0.25, -0.2) is 0 Å². The van der Waals surface area contributed by atoms with Crippen molar-refractivity contribution < 1.29 is 4.79 Å². The van der Waals surface area contributed by atoms with E-state index in [1.807, 2.05) is 42.6 Å². The molecule has 1 unspecified atom stereocenters. The molecular formula is C18H19N3O. The normalized spacial score (nSPS) is 12.2. The van der Waals surface area contributed by atoms with E-state index in [9.17, 15) is 4.79 Å². The number of hydrogen-bond acceptors (Lipinski definition) is 2. The number of nitrogens with one attached hydrogen (secondary N) is 2. The summed E-state index contributed by atoms with van der Waals surface area (Å²) in [6.45, 7) is 1.00. The van der Waals surface area contributed by atoms with Gasteiger partial charge >= 0.3 is 0 Å². The van der Waals surface area contributed by atoms with Crippen molar-refractivity contribution >= 4 is 16.8 Å². The molecule has 1 atom stereocenters. The molecule has 0 radical (unpaired) electrons. The maximum Gasteiger partial charge on any atom is 0.251 e. The van der Waals surface area contributed by atoms with Gasteiger partial charge in [0.25, 0.3) is 5.91 Å². The lowest BCUT2D eigenvalue weighted by Crippen LogP contribution is -2.31. The van der Waals surface area contributed by atoms with Crippen LogP contribution >= 0.6 is 0 Å². The second-order valence-electron chi connectivity index (χ2n) is 5.30. The number of carbonyl (C=O) groups is 1. The summed E-state index contributed by atoms with van der Waals surface area (Å²) in [6.07, 6.45) is 1.98. The van der Waals surface area contributed by atoms with Gasteiger partial charge in [0.2, 0.25) is 0 Å². The van der Waals surface area contributed by atoms with Crippen LogP contribution in [0.2, 0.25) is 0 Å². The number of hydrogen-bond donors (Lipinski definition) is 3. The predicted octanol–water partition coefficient (Wildman–Crippen LogP) is 2.64. The van der Waals surface area contributed by atoms with Gasteiger partial charge in [-0.15, -0.1) is 0 Å². The lowest BCUT2D eigenvalue weighted by atomic mass is 9.98. The average Bonchev–Trinajstić information content (AvgIpc) is 3.00. The summed E-state index contributed by atoms with van der Waals surface area (Å²) in [4.78, 5) is 15.4. The van der Waals surface area contributed by atoms with Crippen molar-refractivity contribution in [1.29, 1.82) is 0 Å². The third kappa shape index (κ3) is 2.87. The molecule has 1 amide bonds. The zero-order chi connectivity index (χ0) is 15.4. The van der Waals surface area contributed by atoms with Gasteiger partial charge in [-0.3, -0.25) is 4.79 Å². The maximum absolute atomic E-state index is 12.1. The van der Waals surface area contributed by atoms with Gasteiger partial charge in [0.1, 0.15) is 0 Å². The molecule has 1 aromatic heterocycles. The fourth-order valence-electron chi connectivity index (χ4n) is 2.66. The molecule has 0 fully saturated rings. The van der Waals surface area contributed by atoms with Crippen LogP contribution in [0.3, 0.4) is 0 Å². The van der Waals surface area contributed by atoms with Gasteiger partial charge in [0, 0.05) is 41.7 Å². The van der Waals surface area contributed by atoms with Crippen molar-refractivity contribution in [3.63, 3.8) is 0 Å². The van der Waals surface area contributed by atoms with E-state index < -0.39 is 0 Å². The first-order valence-corrected chi connectivity index (χ1v) is 7.39. The average molecular weight is 293 g/mol. The highest BCUT2D eigenvalue weighted by Crippen LogP contribution is 2.24. The summed E-state index contributed by atoms with van der Waals surface area (Å²) in [5, 5.41) is 4.13. The van der Waals surface area contributed by atoms with Crippen LogP contribution in [0.25, 0.3) is 10.9 Å². The van der Waals surface area contributed by atoms with E-state index in [-0.39, 0.29) is 11.8 Å². The molecule has 3 aromatic rings. The van der Waals surface area contributed by atoms with Crippen LogP contribution in [-0.4, -0.2) is 24.0 Å². The molecule has 0 saturated carbocycles. The molecule has 4 nitrogen and oxygen atoms in total. The second-order valence-corrected chi connectivity index (χ2v) is 5.30. The minimum absolute atomic E-state index is 0.0705. The number of fused-ring (bicyclic) bond motifs is 1. The lowest BCUT2D eigenvalue weighted by molar-refractivity contribution is 0.0951. The van der Waals surface area contributed by atoms with Crippen molar-refractivity contribution in [3.05, 3.63) is 71.9 Å². The highest BCUT2D eigenvalue weighted by atomic mass is 16.1. The summed E-state index contributed by atoms with van der Waals surface area (Å²) in [5.74, 6) is 0.0164. The minimum Gasteiger partial charge on any atom is -0.361 e. The predicted molar refractivity (Wildman–Crippen MR) is 88.9 cm³/mol. The topological polar surface area (TPSA) is 70.9 Å². The first-order chi connectivity index (χ1) is 10.8. The molecule has 2 aromatic carbocycles. The number of aromatic amines is 1. The van der Waals surface area contributed by atoms with Crippen molar-refractivity contribution in [2.24, 2.45) is 5.73 Å². The number of H-pyrrole nitrogens is 1. The van der Waals surface area contributed by atoms with Crippen LogP contribution < -0.4 is 11.1 Å². The van der Waals surface area contributed by atoms with Crippen LogP contribution in [0, 0.1) is 0 Å². The van der Waals surface area contributed by atoms with Crippen LogP contribution in [0.5, 0.6) is 0 Å². The zero-order valence-electron chi connectivity index (χ0n) is 12.3. The van der Waals surface area contributed by atoms with Crippen molar-refractivity contribution in [3.8, 4) is 0 Å². The van der Waals surface area contributed by atoms with Crippen LogP contribution in [0.4, 0.5) is 0 Å². The summed E-state index contributed by atoms with van der Waals surface area (Å²) in [6, 6.07) is 17.3. The van der Waals surface area contributed by atoms with E-state index >= 15 is 0 Å². The number of benzene rings is 2. The molecule has 0 aliphatic carbocycles. The van der Waals surface area contributed by atoms with Gasteiger partial charge in [-0.1, -0.05) is 36.4 Å². The minimum atomic E-state index is -0.0705. The van der Waals surface area contributed by atoms with Crippen molar-refractivity contribution in [2.75, 3.05) is 13.1 Å². The number of amides is 1. The molecule has 0 spiro atoms. The SMILES string of the molecule is NCC(CNC(=O)c1ccccc1)c1c[nH]c2ccccc12. The summed E-state index contributed by atoms with van der Waals surface area (Å²) in [5.41, 5.74) is 8.81. The lowest BCUT2D eigenvalue weighted by Gasteiger charge is -2.15. The Labute approximate surface area is 129 Å². The van der Waals surface area contributed by atoms with Gasteiger partial charge in [0.05, 0.1) is 0 Å². The Morgan fingerprint density at radius 2 is 1.82 bits per heavy atom. The van der Waals surface area contributed by atoms with Gasteiger partial charge in [0.15, 0.2) is 0 Å². The summed E-state index contributed by atoms with van der Waals surface area (Å²) < 4.78 is 0. The monoisotopic (exact) mass is 293 g/mol. The number of carbonyl (C=O) groups excluding carboxylic acids is 1. The van der Waals surface area contributed by atoms with Crippen LogP contribution in [0.1, 0.15) is 21.8 Å². The maximum atomic E-state index is 12.1. The molecule has 0 aliphatic rings. The summed E-state index contributed by atoms with van der Waals surface area (Å²) in [7, 11) is 0. The van der Waals surface area contributed by atoms with Crippen molar-refractivity contribution in [1.82, 2.24) is 10.3 Å². The Morgan fingerprint density at radius 3 is 2.59 bits per heavy atom.